The molecule has 1 aromatic carbocycles. The highest BCUT2D eigenvalue weighted by Crippen LogP contribution is 2.26. The van der Waals surface area contributed by atoms with Gasteiger partial charge in [0, 0.05) is 6.07 Å². The second-order valence-electron chi connectivity index (χ2n) is 3.99. The van der Waals surface area contributed by atoms with Crippen molar-refractivity contribution in [1.82, 2.24) is 5.32 Å². The highest BCUT2D eigenvalue weighted by Gasteiger charge is 2.16. The largest absolute Gasteiger partial charge is 0.484 e. The minimum Gasteiger partial charge on any atom is -0.484 e. The quantitative estimate of drug-likeness (QED) is 0.922. The van der Waals surface area contributed by atoms with Gasteiger partial charge >= 0.3 is 0 Å². The normalized spacial score (nSPS) is 16.1. The lowest BCUT2D eigenvalue weighted by atomic mass is 10.3. The Hall–Kier alpha value is -1.01. The summed E-state index contributed by atoms with van der Waals surface area (Å²) >= 11 is 11.6. The number of benzene rings is 1. The zero-order valence-electron chi connectivity index (χ0n) is 10.0. The van der Waals surface area contributed by atoms with E-state index in [0.717, 1.165) is 0 Å². The van der Waals surface area contributed by atoms with Gasteiger partial charge in [-0.25, -0.2) is 0 Å². The SMILES string of the molecule is O=C(COc1ccc(Cl)c(Cl)c1)NC1COCOC1. The van der Waals surface area contributed by atoms with Crippen LogP contribution in [0, 0.1) is 0 Å². The van der Waals surface area contributed by atoms with Crippen LogP contribution in [-0.4, -0.2) is 38.6 Å². The maximum absolute atomic E-state index is 11.6. The number of hydrogen-bond acceptors (Lipinski definition) is 4. The molecule has 1 heterocycles. The number of carbonyl (C=O) groups is 1. The molecule has 104 valence electrons. The predicted octanol–water partition coefficient (Wildman–Crippen LogP) is 1.86. The number of nitrogens with one attached hydrogen (secondary N) is 1. The monoisotopic (exact) mass is 305 g/mol. The van der Waals surface area contributed by atoms with E-state index in [9.17, 15) is 4.79 Å². The third kappa shape index (κ3) is 4.54. The smallest absolute Gasteiger partial charge is 0.258 e. The van der Waals surface area contributed by atoms with E-state index in [4.69, 9.17) is 37.4 Å². The van der Waals surface area contributed by atoms with E-state index in [1.54, 1.807) is 18.2 Å². The van der Waals surface area contributed by atoms with Gasteiger partial charge in [0.15, 0.2) is 6.61 Å². The molecule has 0 radical (unpaired) electrons. The van der Waals surface area contributed by atoms with Crippen LogP contribution in [0.2, 0.25) is 10.0 Å². The van der Waals surface area contributed by atoms with Crippen molar-refractivity contribution in [2.75, 3.05) is 26.6 Å². The van der Waals surface area contributed by atoms with Gasteiger partial charge in [-0.1, -0.05) is 23.2 Å². The van der Waals surface area contributed by atoms with Crippen LogP contribution in [-0.2, 0) is 14.3 Å². The Balaban J connectivity index is 1.77. The Morgan fingerprint density at radius 2 is 2.05 bits per heavy atom. The molecule has 7 heteroatoms. The van der Waals surface area contributed by atoms with Crippen LogP contribution >= 0.6 is 23.2 Å². The van der Waals surface area contributed by atoms with Crippen LogP contribution < -0.4 is 10.1 Å². The Morgan fingerprint density at radius 3 is 2.74 bits per heavy atom. The van der Waals surface area contributed by atoms with Gasteiger partial charge in [0.25, 0.3) is 5.91 Å². The number of carbonyl (C=O) groups excluding carboxylic acids is 1. The summed E-state index contributed by atoms with van der Waals surface area (Å²) in [6.07, 6.45) is 0. The lowest BCUT2D eigenvalue weighted by Crippen LogP contribution is -2.46. The Morgan fingerprint density at radius 1 is 1.32 bits per heavy atom. The molecular formula is C12H13Cl2NO4. The lowest BCUT2D eigenvalue weighted by molar-refractivity contribution is -0.134. The fourth-order valence-electron chi connectivity index (χ4n) is 1.56. The molecule has 1 amide bonds. The molecule has 0 atom stereocenters. The van der Waals surface area contributed by atoms with Crippen molar-refractivity contribution in [3.05, 3.63) is 28.2 Å². The first-order chi connectivity index (χ1) is 9.15. The molecule has 1 N–H and O–H groups in total. The fraction of sp³-hybridized carbons (Fsp3) is 0.417. The van der Waals surface area contributed by atoms with Crippen molar-refractivity contribution < 1.29 is 19.0 Å². The van der Waals surface area contributed by atoms with Gasteiger partial charge in [0.05, 0.1) is 29.3 Å². The zero-order valence-corrected chi connectivity index (χ0v) is 11.5. The fourth-order valence-corrected chi connectivity index (χ4v) is 1.84. The maximum atomic E-state index is 11.6. The van der Waals surface area contributed by atoms with Gasteiger partial charge in [-0.05, 0) is 12.1 Å². The average molecular weight is 306 g/mol. The molecule has 0 spiro atoms. The number of rotatable bonds is 4. The van der Waals surface area contributed by atoms with Crippen molar-refractivity contribution in [1.29, 1.82) is 0 Å². The van der Waals surface area contributed by atoms with E-state index in [-0.39, 0.29) is 25.3 Å². The van der Waals surface area contributed by atoms with E-state index in [1.165, 1.54) is 0 Å². The molecule has 0 bridgehead atoms. The van der Waals surface area contributed by atoms with E-state index >= 15 is 0 Å². The molecule has 0 unspecified atom stereocenters. The number of hydrogen-bond donors (Lipinski definition) is 1. The third-order valence-corrected chi connectivity index (χ3v) is 3.17. The van der Waals surface area contributed by atoms with Crippen LogP contribution in [0.5, 0.6) is 5.75 Å². The number of ether oxygens (including phenoxy) is 3. The molecule has 1 aliphatic rings. The summed E-state index contributed by atoms with van der Waals surface area (Å²) < 4.78 is 15.4. The molecular weight excluding hydrogens is 293 g/mol. The standard InChI is InChI=1S/C12H13Cl2NO4/c13-10-2-1-9(3-11(10)14)19-6-12(16)15-8-4-17-7-18-5-8/h1-3,8H,4-7H2,(H,15,16). The van der Waals surface area contributed by atoms with Crippen LogP contribution in [0.4, 0.5) is 0 Å². The summed E-state index contributed by atoms with van der Waals surface area (Å²) in [5.74, 6) is 0.242. The van der Waals surface area contributed by atoms with Gasteiger partial charge in [0.1, 0.15) is 12.5 Å². The molecule has 19 heavy (non-hydrogen) atoms. The van der Waals surface area contributed by atoms with Crippen molar-refractivity contribution >= 4 is 29.1 Å². The van der Waals surface area contributed by atoms with Crippen LogP contribution in [0.1, 0.15) is 0 Å². The zero-order chi connectivity index (χ0) is 13.7. The van der Waals surface area contributed by atoms with Gasteiger partial charge in [-0.3, -0.25) is 4.79 Å². The minimum absolute atomic E-state index is 0.103. The minimum atomic E-state index is -0.245. The van der Waals surface area contributed by atoms with E-state index in [1.807, 2.05) is 0 Å². The Kier molecular flexibility index (Phi) is 5.27. The highest BCUT2D eigenvalue weighted by molar-refractivity contribution is 6.42. The van der Waals surface area contributed by atoms with Gasteiger partial charge in [-0.2, -0.15) is 0 Å². The van der Waals surface area contributed by atoms with E-state index in [0.29, 0.717) is 29.0 Å². The first-order valence-corrected chi connectivity index (χ1v) is 6.43. The van der Waals surface area contributed by atoms with Crippen LogP contribution in [0.25, 0.3) is 0 Å². The summed E-state index contributed by atoms with van der Waals surface area (Å²) in [5, 5.41) is 3.56. The number of amides is 1. The van der Waals surface area contributed by atoms with Crippen molar-refractivity contribution in [2.45, 2.75) is 6.04 Å². The third-order valence-electron chi connectivity index (χ3n) is 2.43. The average Bonchev–Trinajstić information content (AvgIpc) is 2.41. The van der Waals surface area contributed by atoms with Crippen molar-refractivity contribution in [3.63, 3.8) is 0 Å². The molecule has 0 aromatic heterocycles. The second-order valence-corrected chi connectivity index (χ2v) is 4.80. The summed E-state index contributed by atoms with van der Waals surface area (Å²) in [6, 6.07) is 4.68. The first-order valence-electron chi connectivity index (χ1n) is 5.68. The van der Waals surface area contributed by atoms with Crippen molar-refractivity contribution in [3.8, 4) is 5.75 Å². The molecule has 1 aliphatic heterocycles. The van der Waals surface area contributed by atoms with Crippen LogP contribution in [0.15, 0.2) is 18.2 Å². The molecule has 1 aromatic rings. The predicted molar refractivity (Wildman–Crippen MR) is 70.7 cm³/mol. The van der Waals surface area contributed by atoms with Gasteiger partial charge < -0.3 is 19.5 Å². The summed E-state index contributed by atoms with van der Waals surface area (Å²) in [6.45, 7) is 1.05. The molecule has 5 nitrogen and oxygen atoms in total. The molecule has 1 saturated heterocycles. The summed E-state index contributed by atoms with van der Waals surface area (Å²) in [4.78, 5) is 11.6. The second kappa shape index (κ2) is 6.96. The highest BCUT2D eigenvalue weighted by atomic mass is 35.5. The van der Waals surface area contributed by atoms with Crippen molar-refractivity contribution in [2.24, 2.45) is 0 Å². The van der Waals surface area contributed by atoms with Gasteiger partial charge in [-0.15, -0.1) is 0 Å². The first kappa shape index (κ1) is 14.4. The Labute approximate surface area is 120 Å². The summed E-state index contributed by atoms with van der Waals surface area (Å²) in [5.41, 5.74) is 0. The van der Waals surface area contributed by atoms with E-state index in [2.05, 4.69) is 5.32 Å². The van der Waals surface area contributed by atoms with E-state index < -0.39 is 0 Å². The molecule has 2 rings (SSSR count). The topological polar surface area (TPSA) is 56.8 Å². The maximum Gasteiger partial charge on any atom is 0.258 e. The van der Waals surface area contributed by atoms with Gasteiger partial charge in [0.2, 0.25) is 0 Å². The summed E-state index contributed by atoms with van der Waals surface area (Å²) in [7, 11) is 0. The molecule has 1 fully saturated rings. The molecule has 0 aliphatic carbocycles. The Bertz CT molecular complexity index is 449. The number of halogens is 2. The molecule has 0 saturated carbocycles. The lowest BCUT2D eigenvalue weighted by Gasteiger charge is -2.23. The van der Waals surface area contributed by atoms with Crippen LogP contribution in [0.3, 0.4) is 0 Å².